The van der Waals surface area contributed by atoms with Crippen LogP contribution in [0.15, 0.2) is 65.8 Å². The Balaban J connectivity index is 1.12. The summed E-state index contributed by atoms with van der Waals surface area (Å²) in [5.74, 6) is 1.42. The maximum absolute atomic E-state index is 13.4. The Labute approximate surface area is 207 Å². The van der Waals surface area contributed by atoms with Crippen molar-refractivity contribution >= 4 is 22.2 Å². The Morgan fingerprint density at radius 3 is 2.64 bits per heavy atom. The third-order valence-corrected chi connectivity index (χ3v) is 7.24. The number of hydrogen-bond acceptors (Lipinski definition) is 5. The number of aromatic amines is 1. The highest BCUT2D eigenvalue weighted by Crippen LogP contribution is 2.25. The average molecular weight is 486 g/mol. The normalized spacial score (nSPS) is 15.2. The minimum absolute atomic E-state index is 0.138. The van der Waals surface area contributed by atoms with Crippen LogP contribution in [0.25, 0.3) is 22.2 Å². The van der Waals surface area contributed by atoms with E-state index in [0.29, 0.717) is 30.2 Å². The molecule has 5 aromatic rings. The fourth-order valence-corrected chi connectivity index (χ4v) is 5.26. The van der Waals surface area contributed by atoms with E-state index in [9.17, 15) is 9.18 Å². The number of nitrogens with one attached hydrogen (secondary N) is 1. The van der Waals surface area contributed by atoms with Gasteiger partial charge in [0, 0.05) is 26.1 Å². The number of aromatic nitrogens is 6. The first-order valence-corrected chi connectivity index (χ1v) is 12.4. The van der Waals surface area contributed by atoms with Crippen LogP contribution in [0.1, 0.15) is 24.2 Å². The summed E-state index contributed by atoms with van der Waals surface area (Å²) in [6, 6.07) is 14.9. The highest BCUT2D eigenvalue weighted by atomic mass is 19.1. The smallest absolute Gasteiger partial charge is 0.323 e. The van der Waals surface area contributed by atoms with Crippen molar-refractivity contribution in [2.45, 2.75) is 32.4 Å². The molecule has 0 aliphatic carbocycles. The van der Waals surface area contributed by atoms with Gasteiger partial charge in [-0.1, -0.05) is 24.3 Å². The zero-order valence-corrected chi connectivity index (χ0v) is 20.0. The zero-order valence-electron chi connectivity index (χ0n) is 20.0. The summed E-state index contributed by atoms with van der Waals surface area (Å²) >= 11 is 0. The molecule has 4 heterocycles. The fraction of sp³-hybridized carbons (Fsp3) is 0.333. The van der Waals surface area contributed by atoms with E-state index in [1.807, 2.05) is 24.3 Å². The molecule has 0 atom stereocenters. The Morgan fingerprint density at radius 2 is 1.81 bits per heavy atom. The molecule has 9 heteroatoms. The number of imidazole rings is 2. The standard InChI is InChI=1S/C27H28FN7O/c28-21-7-5-20(6-8-21)17-35-24-4-2-1-3-22(24)31-25(35)15-19-9-11-33(12-10-19)13-14-34-26-23(32-27(34)36)16-29-18-30-26/h1-8,16,18-19H,9-15,17H2,(H,32,36). The van der Waals surface area contributed by atoms with Crippen LogP contribution in [0.2, 0.25) is 0 Å². The summed E-state index contributed by atoms with van der Waals surface area (Å²) in [4.78, 5) is 30.8. The molecule has 8 nitrogen and oxygen atoms in total. The van der Waals surface area contributed by atoms with Crippen molar-refractivity contribution in [3.8, 4) is 0 Å². The predicted molar refractivity (Wildman–Crippen MR) is 136 cm³/mol. The van der Waals surface area contributed by atoms with Crippen LogP contribution in [-0.2, 0) is 19.5 Å². The molecule has 0 amide bonds. The molecule has 36 heavy (non-hydrogen) atoms. The van der Waals surface area contributed by atoms with Gasteiger partial charge < -0.3 is 14.5 Å². The molecule has 3 aromatic heterocycles. The molecule has 1 aliphatic heterocycles. The van der Waals surface area contributed by atoms with Crippen LogP contribution in [0, 0.1) is 11.7 Å². The number of piperidine rings is 1. The van der Waals surface area contributed by atoms with E-state index in [1.54, 1.807) is 10.8 Å². The Bertz CT molecular complexity index is 1540. The Kier molecular flexibility index (Phi) is 6.06. The third-order valence-electron chi connectivity index (χ3n) is 7.24. The van der Waals surface area contributed by atoms with Gasteiger partial charge in [0.1, 0.15) is 23.5 Å². The SMILES string of the molecule is O=c1[nH]c2cncnc2n1CCN1CCC(Cc2nc3ccccc3n2Cc2ccc(F)cc2)CC1. The number of hydrogen-bond donors (Lipinski definition) is 1. The Morgan fingerprint density at radius 1 is 1.00 bits per heavy atom. The van der Waals surface area contributed by atoms with Gasteiger partial charge in [-0.05, 0) is 61.7 Å². The van der Waals surface area contributed by atoms with Crippen molar-refractivity contribution in [2.24, 2.45) is 5.92 Å². The van der Waals surface area contributed by atoms with Crippen LogP contribution >= 0.6 is 0 Å². The largest absolute Gasteiger partial charge is 0.327 e. The average Bonchev–Trinajstić information content (AvgIpc) is 3.41. The van der Waals surface area contributed by atoms with Gasteiger partial charge in [0.05, 0.1) is 17.2 Å². The molecule has 184 valence electrons. The van der Waals surface area contributed by atoms with Gasteiger partial charge in [-0.3, -0.25) is 4.57 Å². The van der Waals surface area contributed by atoms with E-state index in [1.165, 1.54) is 18.5 Å². The van der Waals surface area contributed by atoms with Crippen LogP contribution in [-0.4, -0.2) is 53.6 Å². The molecule has 0 radical (unpaired) electrons. The van der Waals surface area contributed by atoms with Gasteiger partial charge in [-0.2, -0.15) is 0 Å². The van der Waals surface area contributed by atoms with Crippen molar-refractivity contribution in [3.63, 3.8) is 0 Å². The van der Waals surface area contributed by atoms with Gasteiger partial charge in [-0.25, -0.2) is 24.1 Å². The summed E-state index contributed by atoms with van der Waals surface area (Å²) in [7, 11) is 0. The van der Waals surface area contributed by atoms with Crippen LogP contribution < -0.4 is 5.69 Å². The maximum Gasteiger partial charge on any atom is 0.327 e. The van der Waals surface area contributed by atoms with Crippen LogP contribution in [0.3, 0.4) is 0 Å². The first-order valence-electron chi connectivity index (χ1n) is 12.4. The molecule has 1 aliphatic rings. The number of rotatable bonds is 7. The number of H-pyrrole nitrogens is 1. The first kappa shape index (κ1) is 22.6. The predicted octanol–water partition coefficient (Wildman–Crippen LogP) is 3.61. The van der Waals surface area contributed by atoms with Crippen molar-refractivity contribution in [3.05, 3.63) is 88.7 Å². The van der Waals surface area contributed by atoms with Gasteiger partial charge in [0.25, 0.3) is 0 Å². The molecule has 0 unspecified atom stereocenters. The highest BCUT2D eigenvalue weighted by molar-refractivity contribution is 5.76. The van der Waals surface area contributed by atoms with E-state index in [4.69, 9.17) is 4.98 Å². The molecule has 1 saturated heterocycles. The fourth-order valence-electron chi connectivity index (χ4n) is 5.26. The minimum Gasteiger partial charge on any atom is -0.323 e. The monoisotopic (exact) mass is 485 g/mol. The third kappa shape index (κ3) is 4.54. The second-order valence-electron chi connectivity index (χ2n) is 9.56. The molecular weight excluding hydrogens is 457 g/mol. The molecular formula is C27H28FN7O. The van der Waals surface area contributed by atoms with Crippen molar-refractivity contribution in [1.82, 2.24) is 34.0 Å². The number of nitrogens with zero attached hydrogens (tertiary/aromatic N) is 6. The van der Waals surface area contributed by atoms with E-state index < -0.39 is 0 Å². The highest BCUT2D eigenvalue weighted by Gasteiger charge is 2.22. The lowest BCUT2D eigenvalue weighted by Crippen LogP contribution is -2.37. The van der Waals surface area contributed by atoms with Gasteiger partial charge in [0.15, 0.2) is 5.65 Å². The summed E-state index contributed by atoms with van der Waals surface area (Å²) in [5, 5.41) is 0. The lowest BCUT2D eigenvalue weighted by Gasteiger charge is -2.31. The molecule has 0 spiro atoms. The summed E-state index contributed by atoms with van der Waals surface area (Å²) in [6.45, 7) is 4.09. The number of fused-ring (bicyclic) bond motifs is 2. The summed E-state index contributed by atoms with van der Waals surface area (Å²) < 4.78 is 17.4. The second kappa shape index (κ2) is 9.66. The van der Waals surface area contributed by atoms with Crippen LogP contribution in [0.4, 0.5) is 4.39 Å². The van der Waals surface area contributed by atoms with E-state index >= 15 is 0 Å². The van der Waals surface area contributed by atoms with Crippen molar-refractivity contribution < 1.29 is 4.39 Å². The minimum atomic E-state index is -0.218. The van der Waals surface area contributed by atoms with Gasteiger partial charge in [-0.15, -0.1) is 0 Å². The lowest BCUT2D eigenvalue weighted by atomic mass is 9.93. The topological polar surface area (TPSA) is 84.6 Å². The number of halogens is 1. The summed E-state index contributed by atoms with van der Waals surface area (Å²) in [6.07, 6.45) is 6.20. The second-order valence-corrected chi connectivity index (χ2v) is 9.56. The maximum atomic E-state index is 13.4. The lowest BCUT2D eigenvalue weighted by molar-refractivity contribution is 0.177. The number of likely N-dealkylation sites (tertiary alicyclic amines) is 1. The number of benzene rings is 2. The molecule has 0 saturated carbocycles. The molecule has 6 rings (SSSR count). The van der Waals surface area contributed by atoms with Gasteiger partial charge in [0.2, 0.25) is 0 Å². The van der Waals surface area contributed by atoms with Crippen molar-refractivity contribution in [2.75, 3.05) is 19.6 Å². The molecule has 0 bridgehead atoms. The Hall–Kier alpha value is -3.85. The molecule has 1 N–H and O–H groups in total. The molecule has 2 aromatic carbocycles. The van der Waals surface area contributed by atoms with E-state index in [2.05, 4.69) is 36.6 Å². The number of para-hydroxylation sites is 2. The van der Waals surface area contributed by atoms with Crippen molar-refractivity contribution in [1.29, 1.82) is 0 Å². The quantitative estimate of drug-likeness (QED) is 0.381. The summed E-state index contributed by atoms with van der Waals surface area (Å²) in [5.41, 5.74) is 4.37. The zero-order chi connectivity index (χ0) is 24.5. The first-order chi connectivity index (χ1) is 17.6. The van der Waals surface area contributed by atoms with E-state index in [0.717, 1.165) is 61.3 Å². The van der Waals surface area contributed by atoms with Crippen LogP contribution in [0.5, 0.6) is 0 Å². The van der Waals surface area contributed by atoms with Gasteiger partial charge >= 0.3 is 5.69 Å². The van der Waals surface area contributed by atoms with E-state index in [-0.39, 0.29) is 11.5 Å². The molecule has 1 fully saturated rings.